The van der Waals surface area contributed by atoms with Crippen LogP contribution in [0.3, 0.4) is 0 Å². The normalized spacial score (nSPS) is 16.1. The molecule has 1 saturated heterocycles. The standard InChI is InChI=1S/C21H22N2O4S/c1-13(15-8-6-5-7-9-15)23-20(24)16(22-21(23)28)10-14-11-17(25-2)19(27-4)18(12-14)26-3/h5-13H,1-4H3,(H,22,28)/b16-10-. The number of ether oxygens (including phenoxy) is 3. The molecule has 0 aromatic heterocycles. The van der Waals surface area contributed by atoms with Crippen molar-refractivity contribution in [2.24, 2.45) is 0 Å². The van der Waals surface area contributed by atoms with Gasteiger partial charge in [-0.25, -0.2) is 0 Å². The van der Waals surface area contributed by atoms with Crippen molar-refractivity contribution >= 4 is 29.3 Å². The van der Waals surface area contributed by atoms with E-state index in [2.05, 4.69) is 5.32 Å². The van der Waals surface area contributed by atoms with Crippen molar-refractivity contribution in [1.29, 1.82) is 0 Å². The molecule has 0 radical (unpaired) electrons. The first-order chi connectivity index (χ1) is 13.5. The van der Waals surface area contributed by atoms with Gasteiger partial charge in [0.05, 0.1) is 27.4 Å². The number of thiocarbonyl (C=S) groups is 1. The van der Waals surface area contributed by atoms with Gasteiger partial charge in [-0.3, -0.25) is 9.69 Å². The lowest BCUT2D eigenvalue weighted by molar-refractivity contribution is -0.123. The van der Waals surface area contributed by atoms with Gasteiger partial charge < -0.3 is 19.5 Å². The molecule has 1 atom stereocenters. The number of nitrogens with one attached hydrogen (secondary N) is 1. The first-order valence-electron chi connectivity index (χ1n) is 8.71. The van der Waals surface area contributed by atoms with Gasteiger partial charge in [0.2, 0.25) is 5.75 Å². The SMILES string of the molecule is COc1cc(/C=C2\NC(=S)N(C(C)c3ccccc3)C2=O)cc(OC)c1OC. The zero-order valence-corrected chi connectivity index (χ0v) is 17.0. The fourth-order valence-electron chi connectivity index (χ4n) is 3.13. The average Bonchev–Trinajstić information content (AvgIpc) is 3.00. The van der Waals surface area contributed by atoms with E-state index >= 15 is 0 Å². The molecule has 1 fully saturated rings. The van der Waals surface area contributed by atoms with Crippen LogP contribution in [0, 0.1) is 0 Å². The van der Waals surface area contributed by atoms with E-state index < -0.39 is 0 Å². The molecule has 0 saturated carbocycles. The van der Waals surface area contributed by atoms with Gasteiger partial charge >= 0.3 is 0 Å². The van der Waals surface area contributed by atoms with Crippen LogP contribution in [0.15, 0.2) is 48.2 Å². The summed E-state index contributed by atoms with van der Waals surface area (Å²) in [5.74, 6) is 1.33. The minimum atomic E-state index is -0.185. The summed E-state index contributed by atoms with van der Waals surface area (Å²) in [5, 5.41) is 3.39. The maximum atomic E-state index is 13.0. The number of rotatable bonds is 6. The molecule has 2 aromatic carbocycles. The fraction of sp³-hybridized carbons (Fsp3) is 0.238. The number of nitrogens with zero attached hydrogens (tertiary/aromatic N) is 1. The maximum absolute atomic E-state index is 13.0. The summed E-state index contributed by atoms with van der Waals surface area (Å²) in [6.45, 7) is 1.95. The topological polar surface area (TPSA) is 60.0 Å². The van der Waals surface area contributed by atoms with Gasteiger partial charge in [0.1, 0.15) is 5.70 Å². The van der Waals surface area contributed by atoms with Gasteiger partial charge in [0, 0.05) is 0 Å². The Morgan fingerprint density at radius 1 is 1.04 bits per heavy atom. The summed E-state index contributed by atoms with van der Waals surface area (Å²) in [5.41, 5.74) is 2.12. The third-order valence-electron chi connectivity index (χ3n) is 4.58. The van der Waals surface area contributed by atoms with Gasteiger partial charge in [0.15, 0.2) is 16.6 Å². The number of carbonyl (C=O) groups excluding carboxylic acids is 1. The minimum Gasteiger partial charge on any atom is -0.493 e. The van der Waals surface area contributed by atoms with Crippen LogP contribution in [-0.2, 0) is 4.79 Å². The Bertz CT molecular complexity index is 902. The molecule has 1 aliphatic heterocycles. The van der Waals surface area contributed by atoms with Crippen molar-refractivity contribution in [2.45, 2.75) is 13.0 Å². The number of hydrogen-bond donors (Lipinski definition) is 1. The molecule has 0 bridgehead atoms. The van der Waals surface area contributed by atoms with E-state index in [1.165, 1.54) is 0 Å². The first-order valence-corrected chi connectivity index (χ1v) is 9.12. The number of benzene rings is 2. The van der Waals surface area contributed by atoms with Crippen molar-refractivity contribution in [3.63, 3.8) is 0 Å². The minimum absolute atomic E-state index is 0.181. The molecular weight excluding hydrogens is 376 g/mol. The fourth-order valence-corrected chi connectivity index (χ4v) is 3.48. The largest absolute Gasteiger partial charge is 0.493 e. The van der Waals surface area contributed by atoms with Crippen molar-refractivity contribution < 1.29 is 19.0 Å². The van der Waals surface area contributed by atoms with Gasteiger partial charge in [0.25, 0.3) is 5.91 Å². The van der Waals surface area contributed by atoms with E-state index in [4.69, 9.17) is 26.4 Å². The van der Waals surface area contributed by atoms with Gasteiger partial charge in [-0.1, -0.05) is 30.3 Å². The van der Waals surface area contributed by atoms with E-state index in [1.54, 1.807) is 44.4 Å². The molecule has 1 amide bonds. The number of carbonyl (C=O) groups is 1. The number of methoxy groups -OCH3 is 3. The van der Waals surface area contributed by atoms with Gasteiger partial charge in [-0.2, -0.15) is 0 Å². The van der Waals surface area contributed by atoms with Crippen LogP contribution < -0.4 is 19.5 Å². The summed E-state index contributed by atoms with van der Waals surface area (Å²) < 4.78 is 16.1. The highest BCUT2D eigenvalue weighted by Gasteiger charge is 2.34. The Morgan fingerprint density at radius 3 is 2.18 bits per heavy atom. The molecule has 1 aliphatic rings. The smallest absolute Gasteiger partial charge is 0.277 e. The highest BCUT2D eigenvalue weighted by molar-refractivity contribution is 7.80. The van der Waals surface area contributed by atoms with Crippen LogP contribution in [0.4, 0.5) is 0 Å². The Labute approximate surface area is 169 Å². The van der Waals surface area contributed by atoms with Crippen LogP contribution in [0.1, 0.15) is 24.1 Å². The lowest BCUT2D eigenvalue weighted by Gasteiger charge is -2.23. The highest BCUT2D eigenvalue weighted by atomic mass is 32.1. The zero-order valence-electron chi connectivity index (χ0n) is 16.2. The number of hydrogen-bond acceptors (Lipinski definition) is 5. The van der Waals surface area contributed by atoms with Crippen LogP contribution in [0.5, 0.6) is 17.2 Å². The van der Waals surface area contributed by atoms with Crippen molar-refractivity contribution in [3.8, 4) is 17.2 Å². The molecule has 0 aliphatic carbocycles. The second-order valence-electron chi connectivity index (χ2n) is 6.21. The predicted molar refractivity (Wildman–Crippen MR) is 112 cm³/mol. The van der Waals surface area contributed by atoms with E-state index in [0.29, 0.717) is 28.1 Å². The summed E-state index contributed by atoms with van der Waals surface area (Å²) in [7, 11) is 4.64. The van der Waals surface area contributed by atoms with Crippen LogP contribution in [-0.4, -0.2) is 37.2 Å². The maximum Gasteiger partial charge on any atom is 0.277 e. The quantitative estimate of drug-likeness (QED) is 0.593. The Hall–Kier alpha value is -3.06. The Balaban J connectivity index is 1.94. The van der Waals surface area contributed by atoms with E-state index in [1.807, 2.05) is 37.3 Å². The molecule has 3 rings (SSSR count). The van der Waals surface area contributed by atoms with E-state index in [0.717, 1.165) is 11.1 Å². The predicted octanol–water partition coefficient (Wildman–Crippen LogP) is 3.53. The molecule has 0 spiro atoms. The summed E-state index contributed by atoms with van der Waals surface area (Å²) >= 11 is 5.41. The molecular formula is C21H22N2O4S. The summed E-state index contributed by atoms with van der Waals surface area (Å²) in [6, 6.07) is 13.1. The van der Waals surface area contributed by atoms with Crippen molar-refractivity contribution in [2.75, 3.05) is 21.3 Å². The monoisotopic (exact) mass is 398 g/mol. The van der Waals surface area contributed by atoms with E-state index in [-0.39, 0.29) is 11.9 Å². The highest BCUT2D eigenvalue weighted by Crippen LogP contribution is 2.39. The Morgan fingerprint density at radius 2 is 1.64 bits per heavy atom. The number of amides is 1. The molecule has 2 aromatic rings. The van der Waals surface area contributed by atoms with Gasteiger partial charge in [-0.15, -0.1) is 0 Å². The summed E-state index contributed by atoms with van der Waals surface area (Å²) in [4.78, 5) is 14.6. The second kappa shape index (κ2) is 8.31. The van der Waals surface area contributed by atoms with Gasteiger partial charge in [-0.05, 0) is 48.5 Å². The average molecular weight is 398 g/mol. The Kier molecular flexibility index (Phi) is 5.84. The molecule has 146 valence electrons. The molecule has 1 unspecified atom stereocenters. The lowest BCUT2D eigenvalue weighted by atomic mass is 10.1. The molecule has 1 heterocycles. The molecule has 28 heavy (non-hydrogen) atoms. The van der Waals surface area contributed by atoms with Crippen molar-refractivity contribution in [3.05, 3.63) is 59.3 Å². The van der Waals surface area contributed by atoms with Crippen molar-refractivity contribution in [1.82, 2.24) is 10.2 Å². The second-order valence-corrected chi connectivity index (χ2v) is 6.60. The molecule has 7 heteroatoms. The summed E-state index contributed by atoms with van der Waals surface area (Å²) in [6.07, 6.45) is 1.72. The molecule has 1 N–H and O–H groups in total. The third-order valence-corrected chi connectivity index (χ3v) is 4.88. The zero-order chi connectivity index (χ0) is 20.3. The van der Waals surface area contributed by atoms with Crippen LogP contribution in [0.2, 0.25) is 0 Å². The lowest BCUT2D eigenvalue weighted by Crippen LogP contribution is -2.33. The van der Waals surface area contributed by atoms with Crippen LogP contribution >= 0.6 is 12.2 Å². The molecule has 6 nitrogen and oxygen atoms in total. The van der Waals surface area contributed by atoms with E-state index in [9.17, 15) is 4.79 Å². The first kappa shape index (κ1) is 19.7. The third kappa shape index (κ3) is 3.66. The van der Waals surface area contributed by atoms with Crippen LogP contribution in [0.25, 0.3) is 6.08 Å².